The van der Waals surface area contributed by atoms with Crippen LogP contribution in [0.4, 0.5) is 17.6 Å². The Morgan fingerprint density at radius 2 is 1.93 bits per heavy atom. The van der Waals surface area contributed by atoms with E-state index >= 15 is 0 Å². The molecule has 0 saturated carbocycles. The molecule has 0 bridgehead atoms. The number of hydrogen-bond donors (Lipinski definition) is 2. The molecular formula is C18H23F4IN4O. The molecule has 0 amide bonds. The molecule has 0 aliphatic rings. The van der Waals surface area contributed by atoms with Crippen molar-refractivity contribution in [2.45, 2.75) is 18.8 Å². The Bertz CT molecular complexity index is 763. The lowest BCUT2D eigenvalue weighted by molar-refractivity contribution is -0.138. The van der Waals surface area contributed by atoms with Gasteiger partial charge in [-0.1, -0.05) is 6.07 Å². The Morgan fingerprint density at radius 1 is 1.21 bits per heavy atom. The molecule has 0 fully saturated rings. The number of hydrogen-bond acceptors (Lipinski definition) is 3. The molecule has 1 heterocycles. The molecule has 0 radical (unpaired) electrons. The van der Waals surface area contributed by atoms with Gasteiger partial charge in [-0.25, -0.2) is 4.39 Å². The monoisotopic (exact) mass is 514 g/mol. The van der Waals surface area contributed by atoms with E-state index in [1.54, 1.807) is 12.3 Å². The van der Waals surface area contributed by atoms with Crippen molar-refractivity contribution in [3.05, 3.63) is 59.3 Å². The molecule has 5 nitrogen and oxygen atoms in total. The van der Waals surface area contributed by atoms with Gasteiger partial charge in [-0.2, -0.15) is 13.2 Å². The molecule has 0 saturated heterocycles. The standard InChI is InChI=1S/C18H22F4N4O.HI/c1-23-17(25-11-15(26(2)3)16-5-4-8-27-16)24-10-12-6-7-13(19)9-14(12)18(20,21)22;/h4-9,15H,10-11H2,1-3H3,(H2,23,24,25);1H. The van der Waals surface area contributed by atoms with Crippen LogP contribution in [-0.2, 0) is 12.7 Å². The SMILES string of the molecule is CN=C(NCc1ccc(F)cc1C(F)(F)F)NCC(c1ccco1)N(C)C.I. The van der Waals surface area contributed by atoms with Gasteiger partial charge in [0.25, 0.3) is 0 Å². The summed E-state index contributed by atoms with van der Waals surface area (Å²) in [5.41, 5.74) is -1.07. The summed E-state index contributed by atoms with van der Waals surface area (Å²) in [6.45, 7) is 0.276. The lowest BCUT2D eigenvalue weighted by Crippen LogP contribution is -2.41. The molecule has 10 heteroatoms. The van der Waals surface area contributed by atoms with Gasteiger partial charge in [0.05, 0.1) is 17.9 Å². The number of benzene rings is 1. The Kier molecular flexibility index (Phi) is 9.21. The van der Waals surface area contributed by atoms with Crippen LogP contribution in [0.1, 0.15) is 22.9 Å². The quantitative estimate of drug-likeness (QED) is 0.265. The van der Waals surface area contributed by atoms with Gasteiger partial charge in [-0.15, -0.1) is 24.0 Å². The maximum atomic E-state index is 13.2. The highest BCUT2D eigenvalue weighted by atomic mass is 127. The molecule has 2 rings (SSSR count). The fourth-order valence-corrected chi connectivity index (χ4v) is 2.58. The Labute approximate surface area is 178 Å². The lowest BCUT2D eigenvalue weighted by Gasteiger charge is -2.24. The van der Waals surface area contributed by atoms with Crippen molar-refractivity contribution in [1.29, 1.82) is 0 Å². The van der Waals surface area contributed by atoms with E-state index in [0.29, 0.717) is 18.6 Å². The van der Waals surface area contributed by atoms with E-state index in [0.717, 1.165) is 17.9 Å². The van der Waals surface area contributed by atoms with Crippen LogP contribution < -0.4 is 10.6 Å². The first-order chi connectivity index (χ1) is 12.7. The predicted octanol–water partition coefficient (Wildman–Crippen LogP) is 4.02. The van der Waals surface area contributed by atoms with Gasteiger partial charge in [0.15, 0.2) is 5.96 Å². The van der Waals surface area contributed by atoms with Gasteiger partial charge in [-0.05, 0) is 43.9 Å². The Hall–Kier alpha value is -1.82. The van der Waals surface area contributed by atoms with Crippen LogP contribution in [0.15, 0.2) is 46.0 Å². The number of likely N-dealkylation sites (N-methyl/N-ethyl adjacent to an activating group) is 1. The summed E-state index contributed by atoms with van der Waals surface area (Å²) < 4.78 is 57.8. The molecule has 1 unspecified atom stereocenters. The maximum absolute atomic E-state index is 13.2. The van der Waals surface area contributed by atoms with Crippen LogP contribution in [0.3, 0.4) is 0 Å². The van der Waals surface area contributed by atoms with E-state index in [2.05, 4.69) is 15.6 Å². The van der Waals surface area contributed by atoms with E-state index in [9.17, 15) is 17.6 Å². The summed E-state index contributed by atoms with van der Waals surface area (Å²) in [7, 11) is 5.29. The molecule has 1 aromatic carbocycles. The highest BCUT2D eigenvalue weighted by molar-refractivity contribution is 14.0. The zero-order valence-corrected chi connectivity index (χ0v) is 18.0. The molecule has 2 aromatic rings. The average molecular weight is 514 g/mol. The van der Waals surface area contributed by atoms with Crippen LogP contribution in [0.2, 0.25) is 0 Å². The number of halogens is 5. The lowest BCUT2D eigenvalue weighted by atomic mass is 10.1. The van der Waals surface area contributed by atoms with E-state index in [4.69, 9.17) is 4.42 Å². The van der Waals surface area contributed by atoms with Crippen molar-refractivity contribution < 1.29 is 22.0 Å². The van der Waals surface area contributed by atoms with Crippen molar-refractivity contribution in [1.82, 2.24) is 15.5 Å². The molecule has 0 aliphatic carbocycles. The minimum atomic E-state index is -4.63. The van der Waals surface area contributed by atoms with Crippen LogP contribution in [0.25, 0.3) is 0 Å². The third-order valence-corrected chi connectivity index (χ3v) is 4.01. The van der Waals surface area contributed by atoms with Gasteiger partial charge in [0.2, 0.25) is 0 Å². The van der Waals surface area contributed by atoms with Crippen molar-refractivity contribution in [2.75, 3.05) is 27.7 Å². The fraction of sp³-hybridized carbons (Fsp3) is 0.389. The smallest absolute Gasteiger partial charge is 0.416 e. The first-order valence-electron chi connectivity index (χ1n) is 8.22. The minimum Gasteiger partial charge on any atom is -0.468 e. The van der Waals surface area contributed by atoms with E-state index in [-0.39, 0.29) is 42.1 Å². The summed E-state index contributed by atoms with van der Waals surface area (Å²) in [5, 5.41) is 5.89. The average Bonchev–Trinajstić information content (AvgIpc) is 3.11. The highest BCUT2D eigenvalue weighted by Gasteiger charge is 2.33. The van der Waals surface area contributed by atoms with Gasteiger partial charge in [0, 0.05) is 20.1 Å². The van der Waals surface area contributed by atoms with Crippen LogP contribution in [0, 0.1) is 5.82 Å². The largest absolute Gasteiger partial charge is 0.468 e. The second-order valence-corrected chi connectivity index (χ2v) is 6.10. The third kappa shape index (κ3) is 6.66. The maximum Gasteiger partial charge on any atom is 0.416 e. The van der Waals surface area contributed by atoms with Crippen LogP contribution >= 0.6 is 24.0 Å². The second kappa shape index (κ2) is 10.6. The first kappa shape index (κ1) is 24.2. The van der Waals surface area contributed by atoms with E-state index < -0.39 is 17.6 Å². The Balaban J connectivity index is 0.00000392. The molecule has 28 heavy (non-hydrogen) atoms. The molecule has 0 spiro atoms. The molecule has 0 aliphatic heterocycles. The number of nitrogens with zero attached hydrogens (tertiary/aromatic N) is 2. The number of alkyl halides is 3. The van der Waals surface area contributed by atoms with Crippen molar-refractivity contribution in [3.63, 3.8) is 0 Å². The number of guanidine groups is 1. The zero-order chi connectivity index (χ0) is 20.0. The third-order valence-electron chi connectivity index (χ3n) is 4.01. The Morgan fingerprint density at radius 3 is 2.46 bits per heavy atom. The van der Waals surface area contributed by atoms with E-state index in [1.807, 2.05) is 25.1 Å². The summed E-state index contributed by atoms with van der Waals surface area (Å²) in [6.07, 6.45) is -3.06. The molecule has 1 aromatic heterocycles. The zero-order valence-electron chi connectivity index (χ0n) is 15.7. The van der Waals surface area contributed by atoms with Gasteiger partial charge in [-0.3, -0.25) is 9.89 Å². The van der Waals surface area contributed by atoms with Gasteiger partial charge >= 0.3 is 6.18 Å². The normalized spacial score (nSPS) is 13.2. The van der Waals surface area contributed by atoms with Gasteiger partial charge in [0.1, 0.15) is 11.6 Å². The number of nitrogens with one attached hydrogen (secondary N) is 2. The fourth-order valence-electron chi connectivity index (χ4n) is 2.58. The molecule has 2 N–H and O–H groups in total. The minimum absolute atomic E-state index is 0. The highest BCUT2D eigenvalue weighted by Crippen LogP contribution is 2.32. The summed E-state index contributed by atoms with van der Waals surface area (Å²) in [5.74, 6) is 0.146. The first-order valence-corrected chi connectivity index (χ1v) is 8.22. The number of rotatable bonds is 6. The van der Waals surface area contributed by atoms with Crippen molar-refractivity contribution in [3.8, 4) is 0 Å². The van der Waals surface area contributed by atoms with Crippen molar-refractivity contribution in [2.24, 2.45) is 4.99 Å². The summed E-state index contributed by atoms with van der Waals surface area (Å²) in [6, 6.07) is 6.15. The van der Waals surface area contributed by atoms with Gasteiger partial charge < -0.3 is 15.1 Å². The molecular weight excluding hydrogens is 491 g/mol. The number of aliphatic imine (C=N–C) groups is 1. The topological polar surface area (TPSA) is 52.8 Å². The summed E-state index contributed by atoms with van der Waals surface area (Å²) >= 11 is 0. The number of furan rings is 1. The van der Waals surface area contributed by atoms with E-state index in [1.165, 1.54) is 7.05 Å². The summed E-state index contributed by atoms with van der Waals surface area (Å²) in [4.78, 5) is 5.96. The van der Waals surface area contributed by atoms with Crippen molar-refractivity contribution >= 4 is 29.9 Å². The molecule has 156 valence electrons. The van der Waals surface area contributed by atoms with Crippen LogP contribution in [-0.4, -0.2) is 38.5 Å². The second-order valence-electron chi connectivity index (χ2n) is 6.10. The van der Waals surface area contributed by atoms with Crippen LogP contribution in [0.5, 0.6) is 0 Å². The predicted molar refractivity (Wildman–Crippen MR) is 110 cm³/mol. The molecule has 1 atom stereocenters.